The van der Waals surface area contributed by atoms with Gasteiger partial charge in [-0.1, -0.05) is 24.3 Å². The van der Waals surface area contributed by atoms with Crippen LogP contribution in [0.15, 0.2) is 36.9 Å². The highest BCUT2D eigenvalue weighted by Crippen LogP contribution is 2.22. The quantitative estimate of drug-likeness (QED) is 0.815. The maximum atomic E-state index is 13.6. The number of hydrogen-bond donors (Lipinski definition) is 1. The fraction of sp³-hybridized carbons (Fsp3) is 0.357. The Bertz CT molecular complexity index is 434. The van der Waals surface area contributed by atoms with E-state index < -0.39 is 6.04 Å². The molecule has 0 aliphatic heterocycles. The first-order chi connectivity index (χ1) is 8.49. The third kappa shape index (κ3) is 3.17. The van der Waals surface area contributed by atoms with Crippen molar-refractivity contribution in [1.29, 1.82) is 0 Å². The first kappa shape index (κ1) is 14.4. The van der Waals surface area contributed by atoms with Crippen LogP contribution in [0.2, 0.25) is 0 Å². The topological polar surface area (TPSA) is 46.3 Å². The van der Waals surface area contributed by atoms with E-state index in [1.807, 2.05) is 0 Å². The van der Waals surface area contributed by atoms with Crippen LogP contribution in [-0.2, 0) is 4.79 Å². The summed E-state index contributed by atoms with van der Waals surface area (Å²) in [6.45, 7) is 5.32. The Kier molecular flexibility index (Phi) is 5.04. The van der Waals surface area contributed by atoms with Gasteiger partial charge in [-0.3, -0.25) is 4.79 Å². The molecule has 0 spiro atoms. The van der Waals surface area contributed by atoms with Gasteiger partial charge in [0.2, 0.25) is 5.91 Å². The molecule has 98 valence electrons. The molecule has 0 aliphatic rings. The van der Waals surface area contributed by atoms with Gasteiger partial charge in [0.15, 0.2) is 0 Å². The number of carbonyl (C=O) groups is 1. The standard InChI is InChI=1S/C14H19FN2O/c1-4-7-13(16)14(18)17(3)10(2)11-8-5-6-9-12(11)15/h4-6,8-10,13H,1,7,16H2,2-3H3. The van der Waals surface area contributed by atoms with Crippen molar-refractivity contribution >= 4 is 5.91 Å². The van der Waals surface area contributed by atoms with E-state index in [0.29, 0.717) is 12.0 Å². The van der Waals surface area contributed by atoms with Crippen LogP contribution >= 0.6 is 0 Å². The Morgan fingerprint density at radius 3 is 2.72 bits per heavy atom. The lowest BCUT2D eigenvalue weighted by Crippen LogP contribution is -2.42. The molecule has 0 saturated heterocycles. The van der Waals surface area contributed by atoms with E-state index in [1.54, 1.807) is 38.2 Å². The summed E-state index contributed by atoms with van der Waals surface area (Å²) in [6.07, 6.45) is 2.01. The van der Waals surface area contributed by atoms with Gasteiger partial charge in [0.05, 0.1) is 12.1 Å². The van der Waals surface area contributed by atoms with Gasteiger partial charge in [0.1, 0.15) is 5.82 Å². The average Bonchev–Trinajstić information content (AvgIpc) is 2.37. The van der Waals surface area contributed by atoms with Crippen molar-refractivity contribution in [2.75, 3.05) is 7.05 Å². The Morgan fingerprint density at radius 1 is 1.56 bits per heavy atom. The van der Waals surface area contributed by atoms with Gasteiger partial charge >= 0.3 is 0 Å². The predicted octanol–water partition coefficient (Wildman–Crippen LogP) is 2.25. The van der Waals surface area contributed by atoms with E-state index in [9.17, 15) is 9.18 Å². The van der Waals surface area contributed by atoms with Gasteiger partial charge < -0.3 is 10.6 Å². The fourth-order valence-electron chi connectivity index (χ4n) is 1.76. The summed E-state index contributed by atoms with van der Waals surface area (Å²) in [6, 6.07) is 5.45. The molecule has 0 radical (unpaired) electrons. The van der Waals surface area contributed by atoms with Crippen molar-refractivity contribution in [2.24, 2.45) is 5.73 Å². The highest BCUT2D eigenvalue weighted by Gasteiger charge is 2.23. The Morgan fingerprint density at radius 2 is 2.17 bits per heavy atom. The largest absolute Gasteiger partial charge is 0.338 e. The molecule has 1 aromatic carbocycles. The molecule has 18 heavy (non-hydrogen) atoms. The molecular formula is C14H19FN2O. The van der Waals surface area contributed by atoms with E-state index in [4.69, 9.17) is 5.73 Å². The molecule has 0 heterocycles. The smallest absolute Gasteiger partial charge is 0.240 e. The molecule has 2 unspecified atom stereocenters. The van der Waals surface area contributed by atoms with Crippen LogP contribution in [0.5, 0.6) is 0 Å². The van der Waals surface area contributed by atoms with Crippen molar-refractivity contribution in [2.45, 2.75) is 25.4 Å². The van der Waals surface area contributed by atoms with E-state index in [1.165, 1.54) is 11.0 Å². The summed E-state index contributed by atoms with van der Waals surface area (Å²) in [7, 11) is 1.63. The first-order valence-electron chi connectivity index (χ1n) is 5.86. The fourth-order valence-corrected chi connectivity index (χ4v) is 1.76. The van der Waals surface area contributed by atoms with Crippen LogP contribution in [0.25, 0.3) is 0 Å². The van der Waals surface area contributed by atoms with E-state index in [2.05, 4.69) is 6.58 Å². The molecule has 0 aliphatic carbocycles. The minimum atomic E-state index is -0.623. The minimum absolute atomic E-state index is 0.217. The molecular weight excluding hydrogens is 231 g/mol. The number of rotatable bonds is 5. The number of halogens is 1. The van der Waals surface area contributed by atoms with Gasteiger partial charge in [-0.15, -0.1) is 6.58 Å². The van der Waals surface area contributed by atoms with Gasteiger partial charge in [-0.25, -0.2) is 4.39 Å². The van der Waals surface area contributed by atoms with Crippen LogP contribution < -0.4 is 5.73 Å². The van der Waals surface area contributed by atoms with Crippen molar-refractivity contribution < 1.29 is 9.18 Å². The van der Waals surface area contributed by atoms with E-state index >= 15 is 0 Å². The SMILES string of the molecule is C=CCC(N)C(=O)N(C)C(C)c1ccccc1F. The van der Waals surface area contributed by atoms with Crippen LogP contribution in [-0.4, -0.2) is 23.9 Å². The normalized spacial score (nSPS) is 13.8. The van der Waals surface area contributed by atoms with Crippen LogP contribution in [0, 0.1) is 5.82 Å². The van der Waals surface area contributed by atoms with Crippen molar-refractivity contribution in [1.82, 2.24) is 4.90 Å². The predicted molar refractivity (Wildman–Crippen MR) is 70.4 cm³/mol. The molecule has 2 N–H and O–H groups in total. The molecule has 4 heteroatoms. The van der Waals surface area contributed by atoms with Crippen molar-refractivity contribution in [3.8, 4) is 0 Å². The van der Waals surface area contributed by atoms with E-state index in [0.717, 1.165) is 0 Å². The summed E-state index contributed by atoms with van der Waals surface area (Å²) in [5.74, 6) is -0.535. The first-order valence-corrected chi connectivity index (χ1v) is 5.86. The van der Waals surface area contributed by atoms with E-state index in [-0.39, 0.29) is 17.8 Å². The van der Waals surface area contributed by atoms with Crippen molar-refractivity contribution in [3.05, 3.63) is 48.3 Å². The summed E-state index contributed by atoms with van der Waals surface area (Å²) in [5, 5.41) is 0. The number of amides is 1. The number of benzene rings is 1. The molecule has 1 aromatic rings. The summed E-state index contributed by atoms with van der Waals surface area (Å²) >= 11 is 0. The van der Waals surface area contributed by atoms with Crippen LogP contribution in [0.3, 0.4) is 0 Å². The molecule has 1 amide bonds. The monoisotopic (exact) mass is 250 g/mol. The highest BCUT2D eigenvalue weighted by atomic mass is 19.1. The summed E-state index contributed by atoms with van der Waals surface area (Å²) in [4.78, 5) is 13.5. The van der Waals surface area contributed by atoms with Gasteiger partial charge in [0.25, 0.3) is 0 Å². The maximum absolute atomic E-state index is 13.6. The Hall–Kier alpha value is -1.68. The molecule has 1 rings (SSSR count). The average molecular weight is 250 g/mol. The zero-order valence-corrected chi connectivity index (χ0v) is 10.8. The second-order valence-corrected chi connectivity index (χ2v) is 4.28. The number of nitrogens with zero attached hydrogens (tertiary/aromatic N) is 1. The van der Waals surface area contributed by atoms with Gasteiger partial charge in [-0.05, 0) is 19.4 Å². The Labute approximate surface area is 107 Å². The van der Waals surface area contributed by atoms with Gasteiger partial charge in [0, 0.05) is 12.6 Å². The molecule has 0 saturated carbocycles. The highest BCUT2D eigenvalue weighted by molar-refractivity contribution is 5.82. The molecule has 3 nitrogen and oxygen atoms in total. The number of hydrogen-bond acceptors (Lipinski definition) is 2. The molecule has 2 atom stereocenters. The molecule has 0 aromatic heterocycles. The van der Waals surface area contributed by atoms with Crippen molar-refractivity contribution in [3.63, 3.8) is 0 Å². The maximum Gasteiger partial charge on any atom is 0.240 e. The third-order valence-corrected chi connectivity index (χ3v) is 3.02. The zero-order chi connectivity index (χ0) is 13.7. The third-order valence-electron chi connectivity index (χ3n) is 3.02. The molecule has 0 fully saturated rings. The summed E-state index contributed by atoms with van der Waals surface area (Å²) in [5.41, 5.74) is 6.21. The lowest BCUT2D eigenvalue weighted by molar-refractivity contribution is -0.133. The lowest BCUT2D eigenvalue weighted by Gasteiger charge is -2.27. The van der Waals surface area contributed by atoms with Crippen LogP contribution in [0.4, 0.5) is 4.39 Å². The zero-order valence-electron chi connectivity index (χ0n) is 10.8. The van der Waals surface area contributed by atoms with Gasteiger partial charge in [-0.2, -0.15) is 0 Å². The number of carbonyl (C=O) groups excluding carboxylic acids is 1. The second-order valence-electron chi connectivity index (χ2n) is 4.28. The number of likely N-dealkylation sites (N-methyl/N-ethyl adjacent to an activating group) is 1. The van der Waals surface area contributed by atoms with Crippen LogP contribution in [0.1, 0.15) is 24.9 Å². The second kappa shape index (κ2) is 6.31. The molecule has 0 bridgehead atoms. The summed E-state index contributed by atoms with van der Waals surface area (Å²) < 4.78 is 13.6. The lowest BCUT2D eigenvalue weighted by atomic mass is 10.1. The Balaban J connectivity index is 2.84. The number of nitrogens with two attached hydrogens (primary N) is 1. The minimum Gasteiger partial charge on any atom is -0.338 e.